The molecule has 5 nitrogen and oxygen atoms in total. The first kappa shape index (κ1) is 16.3. The Morgan fingerprint density at radius 1 is 1.29 bits per heavy atom. The molecule has 3 aromatic rings. The van der Waals surface area contributed by atoms with Crippen molar-refractivity contribution in [2.75, 3.05) is 0 Å². The Hall–Kier alpha value is -2.60. The van der Waals surface area contributed by atoms with Crippen molar-refractivity contribution in [2.24, 2.45) is 0 Å². The second kappa shape index (κ2) is 7.79. The largest absolute Gasteiger partial charge is 0.489 e. The van der Waals surface area contributed by atoms with E-state index >= 15 is 0 Å². The highest BCUT2D eigenvalue weighted by Crippen LogP contribution is 2.17. The smallest absolute Gasteiger partial charge is 0.228 e. The second-order valence-corrected chi connectivity index (χ2v) is 6.41. The van der Waals surface area contributed by atoms with Crippen LogP contribution >= 0.6 is 11.3 Å². The van der Waals surface area contributed by atoms with E-state index in [1.807, 2.05) is 48.7 Å². The lowest BCUT2D eigenvalue weighted by molar-refractivity contribution is -0.120. The van der Waals surface area contributed by atoms with Crippen LogP contribution in [0.1, 0.15) is 21.9 Å². The number of nitrogens with zero attached hydrogens (tertiary/aromatic N) is 1. The molecule has 0 aliphatic carbocycles. The highest BCUT2D eigenvalue weighted by molar-refractivity contribution is 7.10. The number of hydrogen-bond acceptors (Lipinski definition) is 5. The van der Waals surface area contributed by atoms with E-state index < -0.39 is 0 Å². The first-order valence-electron chi connectivity index (χ1n) is 7.62. The van der Waals surface area contributed by atoms with E-state index in [0.717, 1.165) is 21.9 Å². The number of amides is 1. The molecule has 0 unspecified atom stereocenters. The molecule has 0 spiro atoms. The molecule has 0 aliphatic rings. The zero-order chi connectivity index (χ0) is 16.8. The van der Waals surface area contributed by atoms with Gasteiger partial charge in [0.1, 0.15) is 18.1 Å². The number of thiophene rings is 1. The number of hydrogen-bond donors (Lipinski definition) is 1. The first-order chi connectivity index (χ1) is 11.7. The van der Waals surface area contributed by atoms with Gasteiger partial charge < -0.3 is 14.6 Å². The Bertz CT molecular complexity index is 795. The van der Waals surface area contributed by atoms with Gasteiger partial charge in [-0.25, -0.2) is 0 Å². The maximum Gasteiger partial charge on any atom is 0.228 e. The summed E-state index contributed by atoms with van der Waals surface area (Å²) < 4.78 is 10.8. The van der Waals surface area contributed by atoms with Gasteiger partial charge in [0.25, 0.3) is 0 Å². The summed E-state index contributed by atoms with van der Waals surface area (Å²) in [6.45, 7) is 2.85. The minimum atomic E-state index is -0.0818. The minimum absolute atomic E-state index is 0.0818. The van der Waals surface area contributed by atoms with Gasteiger partial charge in [-0.05, 0) is 30.5 Å². The summed E-state index contributed by atoms with van der Waals surface area (Å²) in [6.07, 6.45) is 0.205. The Morgan fingerprint density at radius 2 is 2.12 bits per heavy atom. The SMILES string of the molecule is Cc1cc(CC(=O)NCc2cc(COc3ccccc3)cs2)on1. The summed E-state index contributed by atoms with van der Waals surface area (Å²) >= 11 is 1.61. The average Bonchev–Trinajstić information content (AvgIpc) is 3.21. The molecule has 1 aromatic carbocycles. The third-order valence-corrected chi connectivity index (χ3v) is 4.31. The molecule has 124 valence electrons. The van der Waals surface area contributed by atoms with E-state index in [4.69, 9.17) is 9.26 Å². The van der Waals surface area contributed by atoms with Crippen molar-refractivity contribution in [3.8, 4) is 5.75 Å². The third kappa shape index (κ3) is 4.70. The van der Waals surface area contributed by atoms with Crippen LogP contribution in [0.25, 0.3) is 0 Å². The minimum Gasteiger partial charge on any atom is -0.489 e. The molecule has 0 fully saturated rings. The van der Waals surface area contributed by atoms with Gasteiger partial charge in [-0.15, -0.1) is 11.3 Å². The number of aryl methyl sites for hydroxylation is 1. The maximum atomic E-state index is 11.9. The summed E-state index contributed by atoms with van der Waals surface area (Å²) in [5, 5.41) is 8.70. The number of para-hydroxylation sites is 1. The molecular formula is C18H18N2O3S. The second-order valence-electron chi connectivity index (χ2n) is 5.41. The number of benzene rings is 1. The molecule has 0 saturated heterocycles. The van der Waals surface area contributed by atoms with Gasteiger partial charge in [-0.3, -0.25) is 4.79 Å². The van der Waals surface area contributed by atoms with Gasteiger partial charge in [0, 0.05) is 16.5 Å². The number of rotatable bonds is 7. The fraction of sp³-hybridized carbons (Fsp3) is 0.222. The topological polar surface area (TPSA) is 64.4 Å². The number of carbonyl (C=O) groups excluding carboxylic acids is 1. The van der Waals surface area contributed by atoms with Gasteiger partial charge >= 0.3 is 0 Å². The van der Waals surface area contributed by atoms with Crippen molar-refractivity contribution in [3.63, 3.8) is 0 Å². The Balaban J connectivity index is 1.44. The van der Waals surface area contributed by atoms with Crippen molar-refractivity contribution < 1.29 is 14.1 Å². The zero-order valence-corrected chi connectivity index (χ0v) is 14.1. The molecule has 0 radical (unpaired) electrons. The van der Waals surface area contributed by atoms with Crippen LogP contribution in [0.2, 0.25) is 0 Å². The molecule has 1 N–H and O–H groups in total. The van der Waals surface area contributed by atoms with Crippen LogP contribution in [0.15, 0.2) is 52.4 Å². The molecule has 6 heteroatoms. The Morgan fingerprint density at radius 3 is 2.88 bits per heavy atom. The summed E-state index contributed by atoms with van der Waals surface area (Å²) in [7, 11) is 0. The Labute approximate surface area is 144 Å². The van der Waals surface area contributed by atoms with Crippen LogP contribution in [-0.4, -0.2) is 11.1 Å². The average molecular weight is 342 g/mol. The van der Waals surface area contributed by atoms with Crippen molar-refractivity contribution in [2.45, 2.75) is 26.5 Å². The molecule has 24 heavy (non-hydrogen) atoms. The number of nitrogens with one attached hydrogen (secondary N) is 1. The van der Waals surface area contributed by atoms with Crippen molar-refractivity contribution in [1.29, 1.82) is 0 Å². The molecule has 0 saturated carbocycles. The van der Waals surface area contributed by atoms with Crippen molar-refractivity contribution in [1.82, 2.24) is 10.5 Å². The van der Waals surface area contributed by atoms with Gasteiger partial charge in [0.05, 0.1) is 18.7 Å². The Kier molecular flexibility index (Phi) is 5.28. The normalized spacial score (nSPS) is 10.5. The molecule has 0 aliphatic heterocycles. The first-order valence-corrected chi connectivity index (χ1v) is 8.50. The summed E-state index contributed by atoms with van der Waals surface area (Å²) in [6, 6.07) is 13.5. The molecule has 3 rings (SSSR count). The maximum absolute atomic E-state index is 11.9. The van der Waals surface area contributed by atoms with Crippen LogP contribution in [0.4, 0.5) is 0 Å². The fourth-order valence-corrected chi connectivity index (χ4v) is 3.00. The summed E-state index contributed by atoms with van der Waals surface area (Å²) in [4.78, 5) is 13.0. The van der Waals surface area contributed by atoms with E-state index in [0.29, 0.717) is 18.9 Å². The number of carbonyl (C=O) groups is 1. The standard InChI is InChI=1S/C18H18N2O3S/c1-13-7-16(23-20-13)9-18(21)19-10-17-8-14(12-24-17)11-22-15-5-3-2-4-6-15/h2-8,12H,9-11H2,1H3,(H,19,21). The van der Waals surface area contributed by atoms with Crippen LogP contribution in [-0.2, 0) is 24.4 Å². The van der Waals surface area contributed by atoms with Gasteiger partial charge in [-0.1, -0.05) is 23.4 Å². The lowest BCUT2D eigenvalue weighted by atomic mass is 10.3. The van der Waals surface area contributed by atoms with E-state index in [1.54, 1.807) is 17.4 Å². The molecule has 0 atom stereocenters. The van der Waals surface area contributed by atoms with E-state index in [1.165, 1.54) is 0 Å². The quantitative estimate of drug-likeness (QED) is 0.714. The van der Waals surface area contributed by atoms with Crippen molar-refractivity contribution in [3.05, 3.63) is 69.7 Å². The van der Waals surface area contributed by atoms with E-state index in [9.17, 15) is 4.79 Å². The molecular weight excluding hydrogens is 324 g/mol. The molecule has 0 bridgehead atoms. The van der Waals surface area contributed by atoms with Crippen LogP contribution in [0.5, 0.6) is 5.75 Å². The third-order valence-electron chi connectivity index (χ3n) is 3.33. The van der Waals surface area contributed by atoms with E-state index in [2.05, 4.69) is 10.5 Å². The predicted octanol–water partition coefficient (Wildman–Crippen LogP) is 3.48. The number of aromatic nitrogens is 1. The molecule has 2 aromatic heterocycles. The summed E-state index contributed by atoms with van der Waals surface area (Å²) in [5.41, 5.74) is 1.87. The fourth-order valence-electron chi connectivity index (χ4n) is 2.18. The molecule has 1 amide bonds. The number of ether oxygens (including phenoxy) is 1. The van der Waals surface area contributed by atoms with Gasteiger partial charge in [-0.2, -0.15) is 0 Å². The zero-order valence-electron chi connectivity index (χ0n) is 13.3. The van der Waals surface area contributed by atoms with Crippen LogP contribution in [0.3, 0.4) is 0 Å². The van der Waals surface area contributed by atoms with Crippen LogP contribution in [0, 0.1) is 6.92 Å². The highest BCUT2D eigenvalue weighted by atomic mass is 32.1. The van der Waals surface area contributed by atoms with E-state index in [-0.39, 0.29) is 12.3 Å². The van der Waals surface area contributed by atoms with Crippen molar-refractivity contribution >= 4 is 17.2 Å². The lowest BCUT2D eigenvalue weighted by Gasteiger charge is -2.03. The molecule has 2 heterocycles. The van der Waals surface area contributed by atoms with Gasteiger partial charge in [0.2, 0.25) is 5.91 Å². The summed E-state index contributed by atoms with van der Waals surface area (Å²) in [5.74, 6) is 1.34. The van der Waals surface area contributed by atoms with Gasteiger partial charge in [0.15, 0.2) is 0 Å². The highest BCUT2D eigenvalue weighted by Gasteiger charge is 2.09. The van der Waals surface area contributed by atoms with Crippen LogP contribution < -0.4 is 10.1 Å². The predicted molar refractivity (Wildman–Crippen MR) is 91.9 cm³/mol. The monoisotopic (exact) mass is 342 g/mol. The lowest BCUT2D eigenvalue weighted by Crippen LogP contribution is -2.23.